The second-order valence-electron chi connectivity index (χ2n) is 7.15. The highest BCUT2D eigenvalue weighted by Gasteiger charge is 2.16. The number of para-hydroxylation sites is 1. The first-order valence-corrected chi connectivity index (χ1v) is 10.0. The van der Waals surface area contributed by atoms with Gasteiger partial charge in [-0.25, -0.2) is 0 Å². The van der Waals surface area contributed by atoms with Gasteiger partial charge in [-0.15, -0.1) is 0 Å². The third-order valence-corrected chi connectivity index (χ3v) is 5.02. The van der Waals surface area contributed by atoms with Crippen LogP contribution in [0.1, 0.15) is 44.6 Å². The zero-order valence-electron chi connectivity index (χ0n) is 16.6. The summed E-state index contributed by atoms with van der Waals surface area (Å²) in [6.07, 6.45) is 3.36. The number of anilines is 1. The lowest BCUT2D eigenvalue weighted by Crippen LogP contribution is -2.20. The van der Waals surface area contributed by atoms with E-state index in [-0.39, 0.29) is 18.6 Å². The molecule has 0 saturated carbocycles. The Morgan fingerprint density at radius 1 is 1.18 bits per heavy atom. The minimum absolute atomic E-state index is 0.0231. The van der Waals surface area contributed by atoms with Gasteiger partial charge >= 0.3 is 0 Å². The molecule has 28 heavy (non-hydrogen) atoms. The lowest BCUT2D eigenvalue weighted by Gasteiger charge is -2.15. The predicted molar refractivity (Wildman–Crippen MR) is 110 cm³/mol. The summed E-state index contributed by atoms with van der Waals surface area (Å²) in [5.41, 5.74) is 1.85. The average molecular weight is 383 g/mol. The molecule has 1 aliphatic rings. The number of hydrogen-bond donors (Lipinski definition) is 1. The number of rotatable bonds is 9. The number of benzene rings is 2. The van der Waals surface area contributed by atoms with Crippen molar-refractivity contribution in [2.75, 3.05) is 25.1 Å². The monoisotopic (exact) mass is 383 g/mol. The quantitative estimate of drug-likeness (QED) is 0.677. The van der Waals surface area contributed by atoms with Gasteiger partial charge in [0.15, 0.2) is 6.61 Å². The van der Waals surface area contributed by atoms with Crippen molar-refractivity contribution in [2.45, 2.75) is 45.1 Å². The molecule has 1 amide bonds. The Bertz CT molecular complexity index is 753. The number of nitrogens with one attached hydrogen (secondary N) is 1. The molecule has 0 bridgehead atoms. The molecule has 0 aromatic heterocycles. The molecule has 1 saturated heterocycles. The van der Waals surface area contributed by atoms with Crippen molar-refractivity contribution in [1.29, 1.82) is 0 Å². The van der Waals surface area contributed by atoms with E-state index in [1.54, 1.807) is 0 Å². The van der Waals surface area contributed by atoms with Gasteiger partial charge in [0.05, 0.1) is 6.10 Å². The lowest BCUT2D eigenvalue weighted by molar-refractivity contribution is -0.118. The van der Waals surface area contributed by atoms with Crippen LogP contribution in [-0.2, 0) is 9.53 Å². The Hall–Kier alpha value is -2.53. The lowest BCUT2D eigenvalue weighted by atomic mass is 9.98. The molecule has 3 rings (SSSR count). The van der Waals surface area contributed by atoms with Gasteiger partial charge in [0, 0.05) is 12.3 Å². The number of amides is 1. The summed E-state index contributed by atoms with van der Waals surface area (Å²) in [6, 6.07) is 15.2. The maximum absolute atomic E-state index is 12.2. The van der Waals surface area contributed by atoms with Crippen LogP contribution in [0.15, 0.2) is 48.5 Å². The van der Waals surface area contributed by atoms with Crippen LogP contribution in [0.3, 0.4) is 0 Å². The summed E-state index contributed by atoms with van der Waals surface area (Å²) in [5, 5.41) is 2.86. The zero-order chi connectivity index (χ0) is 19.8. The third-order valence-electron chi connectivity index (χ3n) is 5.02. The topological polar surface area (TPSA) is 56.8 Å². The highest BCUT2D eigenvalue weighted by atomic mass is 16.5. The van der Waals surface area contributed by atoms with Crippen molar-refractivity contribution in [1.82, 2.24) is 0 Å². The Balaban J connectivity index is 1.47. The summed E-state index contributed by atoms with van der Waals surface area (Å²) in [4.78, 5) is 12.2. The number of hydrogen-bond acceptors (Lipinski definition) is 4. The van der Waals surface area contributed by atoms with Crippen LogP contribution in [0.2, 0.25) is 0 Å². The van der Waals surface area contributed by atoms with Gasteiger partial charge in [0.2, 0.25) is 0 Å². The minimum Gasteiger partial charge on any atom is -0.491 e. The molecule has 2 aromatic carbocycles. The van der Waals surface area contributed by atoms with Crippen molar-refractivity contribution < 1.29 is 19.0 Å². The Labute approximate surface area is 167 Å². The largest absolute Gasteiger partial charge is 0.491 e. The van der Waals surface area contributed by atoms with E-state index in [4.69, 9.17) is 14.2 Å². The fourth-order valence-corrected chi connectivity index (χ4v) is 3.18. The molecule has 1 N–H and O–H groups in total. The highest BCUT2D eigenvalue weighted by molar-refractivity contribution is 5.91. The second kappa shape index (κ2) is 10.1. The first-order valence-electron chi connectivity index (χ1n) is 10.0. The maximum Gasteiger partial charge on any atom is 0.262 e. The van der Waals surface area contributed by atoms with Crippen molar-refractivity contribution in [2.24, 2.45) is 0 Å². The van der Waals surface area contributed by atoms with Gasteiger partial charge < -0.3 is 19.5 Å². The van der Waals surface area contributed by atoms with Gasteiger partial charge in [0.25, 0.3) is 5.91 Å². The molecule has 2 aromatic rings. The summed E-state index contributed by atoms with van der Waals surface area (Å²) in [6.45, 7) is 5.66. The van der Waals surface area contributed by atoms with Crippen LogP contribution < -0.4 is 14.8 Å². The fourth-order valence-electron chi connectivity index (χ4n) is 3.18. The smallest absolute Gasteiger partial charge is 0.262 e. The van der Waals surface area contributed by atoms with E-state index in [0.717, 1.165) is 42.9 Å². The minimum atomic E-state index is -0.188. The second-order valence-corrected chi connectivity index (χ2v) is 7.15. The predicted octanol–water partition coefficient (Wildman–Crippen LogP) is 4.78. The molecule has 5 heteroatoms. The van der Waals surface area contributed by atoms with E-state index in [2.05, 4.69) is 25.2 Å². The zero-order valence-corrected chi connectivity index (χ0v) is 16.6. The fraction of sp³-hybridized carbons (Fsp3) is 0.435. The van der Waals surface area contributed by atoms with Crippen LogP contribution in [0.25, 0.3) is 0 Å². The molecule has 1 fully saturated rings. The van der Waals surface area contributed by atoms with E-state index in [0.29, 0.717) is 18.2 Å². The summed E-state index contributed by atoms with van der Waals surface area (Å²) >= 11 is 0. The van der Waals surface area contributed by atoms with Crippen molar-refractivity contribution in [3.8, 4) is 11.5 Å². The molecule has 1 heterocycles. The summed E-state index contributed by atoms with van der Waals surface area (Å²) in [5.74, 6) is 1.74. The van der Waals surface area contributed by atoms with Gasteiger partial charge in [-0.05, 0) is 61.1 Å². The highest BCUT2D eigenvalue weighted by Crippen LogP contribution is 2.28. The Morgan fingerprint density at radius 3 is 2.68 bits per heavy atom. The standard InChI is InChI=1S/C23H29NO4/c1-3-17(2)21-8-4-5-9-22(21)28-16-23(25)24-18-10-12-19(13-11-18)27-15-20-7-6-14-26-20/h4-5,8-13,17,20H,3,6-7,14-16H2,1-2H3,(H,24,25)/t17-,20-/m1/s1. The molecule has 0 radical (unpaired) electrons. The summed E-state index contributed by atoms with van der Waals surface area (Å²) in [7, 11) is 0. The number of carbonyl (C=O) groups is 1. The molecule has 0 unspecified atom stereocenters. The van der Waals surface area contributed by atoms with E-state index in [1.807, 2.05) is 42.5 Å². The van der Waals surface area contributed by atoms with Crippen LogP contribution >= 0.6 is 0 Å². The van der Waals surface area contributed by atoms with Gasteiger partial charge in [-0.2, -0.15) is 0 Å². The summed E-state index contributed by atoms with van der Waals surface area (Å²) < 4.78 is 17.1. The SMILES string of the molecule is CC[C@@H](C)c1ccccc1OCC(=O)Nc1ccc(OC[C@H]2CCCO2)cc1. The number of carbonyl (C=O) groups excluding carboxylic acids is 1. The van der Waals surface area contributed by atoms with Gasteiger partial charge in [-0.3, -0.25) is 4.79 Å². The molecule has 150 valence electrons. The molecular weight excluding hydrogens is 354 g/mol. The first kappa shape index (κ1) is 20.2. The van der Waals surface area contributed by atoms with Crippen LogP contribution in [0.4, 0.5) is 5.69 Å². The van der Waals surface area contributed by atoms with Crippen molar-refractivity contribution in [3.63, 3.8) is 0 Å². The molecule has 0 aliphatic carbocycles. The first-order chi connectivity index (χ1) is 13.7. The van der Waals surface area contributed by atoms with Crippen LogP contribution in [0, 0.1) is 0 Å². The van der Waals surface area contributed by atoms with Crippen LogP contribution in [-0.4, -0.2) is 31.8 Å². The van der Waals surface area contributed by atoms with Crippen LogP contribution in [0.5, 0.6) is 11.5 Å². The normalized spacial score (nSPS) is 17.1. The van der Waals surface area contributed by atoms with Crippen molar-refractivity contribution >= 4 is 11.6 Å². The maximum atomic E-state index is 12.2. The Kier molecular flexibility index (Phi) is 7.31. The van der Waals surface area contributed by atoms with E-state index < -0.39 is 0 Å². The van der Waals surface area contributed by atoms with Crippen molar-refractivity contribution in [3.05, 3.63) is 54.1 Å². The third kappa shape index (κ3) is 5.73. The van der Waals surface area contributed by atoms with E-state index in [1.165, 1.54) is 0 Å². The molecule has 0 spiro atoms. The number of ether oxygens (including phenoxy) is 3. The molecular formula is C23H29NO4. The average Bonchev–Trinajstić information content (AvgIpc) is 3.25. The van der Waals surface area contributed by atoms with E-state index >= 15 is 0 Å². The van der Waals surface area contributed by atoms with Gasteiger partial charge in [-0.1, -0.05) is 32.0 Å². The Morgan fingerprint density at radius 2 is 1.96 bits per heavy atom. The molecule has 2 atom stereocenters. The molecule has 5 nitrogen and oxygen atoms in total. The van der Waals surface area contributed by atoms with E-state index in [9.17, 15) is 4.79 Å². The van der Waals surface area contributed by atoms with Gasteiger partial charge in [0.1, 0.15) is 18.1 Å². The molecule has 1 aliphatic heterocycles.